The van der Waals surface area contributed by atoms with Crippen LogP contribution < -0.4 is 0 Å². The topological polar surface area (TPSA) is 51.2 Å². The van der Waals surface area contributed by atoms with Crippen molar-refractivity contribution in [1.82, 2.24) is 0 Å². The van der Waals surface area contributed by atoms with E-state index in [1.165, 1.54) is 6.92 Å². The van der Waals surface area contributed by atoms with E-state index in [1.807, 2.05) is 0 Å². The molecule has 0 radical (unpaired) electrons. The van der Waals surface area contributed by atoms with Gasteiger partial charge in [-0.1, -0.05) is 6.92 Å². The summed E-state index contributed by atoms with van der Waals surface area (Å²) in [5, 5.41) is 0. The highest BCUT2D eigenvalue weighted by Gasteiger charge is 2.62. The molecule has 0 N–H and O–H groups in total. The molecule has 2 aliphatic carbocycles. The molecule has 2 fully saturated rings. The van der Waals surface area contributed by atoms with E-state index in [0.717, 1.165) is 19.3 Å². The lowest BCUT2D eigenvalue weighted by Crippen LogP contribution is -2.50. The Morgan fingerprint density at radius 1 is 1.24 bits per heavy atom. The Hall–Kier alpha value is -0.990. The van der Waals surface area contributed by atoms with Crippen LogP contribution in [0, 0.1) is 16.7 Å². The van der Waals surface area contributed by atoms with E-state index in [4.69, 9.17) is 0 Å². The van der Waals surface area contributed by atoms with Crippen LogP contribution in [0.15, 0.2) is 0 Å². The van der Waals surface area contributed by atoms with E-state index in [9.17, 15) is 14.4 Å². The Labute approximate surface area is 102 Å². The van der Waals surface area contributed by atoms with Gasteiger partial charge >= 0.3 is 0 Å². The zero-order chi connectivity index (χ0) is 12.8. The van der Waals surface area contributed by atoms with Gasteiger partial charge in [0, 0.05) is 12.3 Å². The Balaban J connectivity index is 2.45. The van der Waals surface area contributed by atoms with E-state index in [1.54, 1.807) is 6.92 Å². The SMILES string of the molecule is CC(=O)[C@@H]1CC[C@@]2(C)CCC(=O)[C@@]2(C(C)=O)C1. The van der Waals surface area contributed by atoms with Gasteiger partial charge < -0.3 is 0 Å². The Bertz CT molecular complexity index is 398. The standard InChI is InChI=1S/C14H20O3/c1-9(15)11-4-6-13(3)7-5-12(17)14(13,8-11)10(2)16/h11H,4-8H2,1-3H3/t11-,13+,14+/m1/s1. The van der Waals surface area contributed by atoms with Gasteiger partial charge in [0.15, 0.2) is 0 Å². The van der Waals surface area contributed by atoms with Crippen LogP contribution in [-0.2, 0) is 14.4 Å². The number of rotatable bonds is 2. The first-order valence-electron chi connectivity index (χ1n) is 6.38. The average molecular weight is 236 g/mol. The van der Waals surface area contributed by atoms with Crippen molar-refractivity contribution in [2.75, 3.05) is 0 Å². The number of Topliss-reactive ketones (excluding diaryl/α,β-unsaturated/α-hetero) is 3. The summed E-state index contributed by atoms with van der Waals surface area (Å²) in [6, 6.07) is 0. The Kier molecular flexibility index (Phi) is 2.75. The summed E-state index contributed by atoms with van der Waals surface area (Å²) in [5.74, 6) is 0.0494. The minimum atomic E-state index is -0.860. The van der Waals surface area contributed by atoms with Gasteiger partial charge in [0.25, 0.3) is 0 Å². The summed E-state index contributed by atoms with van der Waals surface area (Å²) in [7, 11) is 0. The third kappa shape index (κ3) is 1.51. The van der Waals surface area contributed by atoms with Crippen LogP contribution in [0.25, 0.3) is 0 Å². The van der Waals surface area contributed by atoms with Crippen molar-refractivity contribution in [3.63, 3.8) is 0 Å². The molecule has 0 aliphatic heterocycles. The average Bonchev–Trinajstić information content (AvgIpc) is 2.52. The van der Waals surface area contributed by atoms with E-state index in [0.29, 0.717) is 12.8 Å². The van der Waals surface area contributed by atoms with Crippen molar-refractivity contribution in [3.8, 4) is 0 Å². The number of hydrogen-bond acceptors (Lipinski definition) is 3. The van der Waals surface area contributed by atoms with Gasteiger partial charge in [-0.15, -0.1) is 0 Å². The third-order valence-electron chi connectivity index (χ3n) is 5.18. The van der Waals surface area contributed by atoms with Gasteiger partial charge in [-0.05, 0) is 44.9 Å². The number of fused-ring (bicyclic) bond motifs is 1. The first kappa shape index (κ1) is 12.5. The first-order chi connectivity index (χ1) is 7.83. The summed E-state index contributed by atoms with van der Waals surface area (Å²) >= 11 is 0. The highest BCUT2D eigenvalue weighted by molar-refractivity contribution is 6.09. The van der Waals surface area contributed by atoms with Crippen molar-refractivity contribution < 1.29 is 14.4 Å². The molecule has 3 atom stereocenters. The summed E-state index contributed by atoms with van der Waals surface area (Å²) in [6.45, 7) is 5.14. The van der Waals surface area contributed by atoms with E-state index < -0.39 is 5.41 Å². The van der Waals surface area contributed by atoms with Crippen LogP contribution in [-0.4, -0.2) is 17.3 Å². The molecule has 0 heterocycles. The number of carbonyl (C=O) groups excluding carboxylic acids is 3. The summed E-state index contributed by atoms with van der Waals surface area (Å²) in [6.07, 6.45) is 3.40. The highest BCUT2D eigenvalue weighted by atomic mass is 16.2. The predicted octanol–water partition coefficient (Wildman–Crippen LogP) is 2.32. The van der Waals surface area contributed by atoms with Gasteiger partial charge in [0.2, 0.25) is 0 Å². The van der Waals surface area contributed by atoms with Crippen molar-refractivity contribution in [2.24, 2.45) is 16.7 Å². The molecule has 3 nitrogen and oxygen atoms in total. The van der Waals surface area contributed by atoms with Crippen molar-refractivity contribution in [1.29, 1.82) is 0 Å². The smallest absolute Gasteiger partial charge is 0.146 e. The molecule has 0 aromatic carbocycles. The molecule has 0 unspecified atom stereocenters. The quantitative estimate of drug-likeness (QED) is 0.691. The molecule has 0 aromatic rings. The number of carbonyl (C=O) groups is 3. The lowest BCUT2D eigenvalue weighted by atomic mass is 9.54. The van der Waals surface area contributed by atoms with Crippen molar-refractivity contribution in [3.05, 3.63) is 0 Å². The minimum absolute atomic E-state index is 0.0338. The summed E-state index contributed by atoms with van der Waals surface area (Å²) < 4.78 is 0. The van der Waals surface area contributed by atoms with E-state index >= 15 is 0 Å². The van der Waals surface area contributed by atoms with Crippen LogP contribution in [0.4, 0.5) is 0 Å². The number of hydrogen-bond donors (Lipinski definition) is 0. The fraction of sp³-hybridized carbons (Fsp3) is 0.786. The fourth-order valence-corrected chi connectivity index (χ4v) is 3.93. The van der Waals surface area contributed by atoms with E-state index in [-0.39, 0.29) is 28.7 Å². The molecule has 17 heavy (non-hydrogen) atoms. The van der Waals surface area contributed by atoms with Gasteiger partial charge in [-0.25, -0.2) is 0 Å². The van der Waals surface area contributed by atoms with Gasteiger partial charge in [-0.3, -0.25) is 14.4 Å². The van der Waals surface area contributed by atoms with Gasteiger partial charge in [-0.2, -0.15) is 0 Å². The number of ketones is 3. The molecular formula is C14H20O3. The van der Waals surface area contributed by atoms with Crippen LogP contribution in [0.5, 0.6) is 0 Å². The lowest BCUT2D eigenvalue weighted by Gasteiger charge is -2.47. The zero-order valence-corrected chi connectivity index (χ0v) is 10.8. The second-order valence-corrected chi connectivity index (χ2v) is 6.00. The van der Waals surface area contributed by atoms with Crippen LogP contribution in [0.2, 0.25) is 0 Å². The molecule has 94 valence electrons. The summed E-state index contributed by atoms with van der Waals surface area (Å²) in [4.78, 5) is 35.8. The van der Waals surface area contributed by atoms with Crippen molar-refractivity contribution >= 4 is 17.3 Å². The largest absolute Gasteiger partial charge is 0.300 e. The van der Waals surface area contributed by atoms with Gasteiger partial charge in [0.05, 0.1) is 5.41 Å². The minimum Gasteiger partial charge on any atom is -0.300 e. The van der Waals surface area contributed by atoms with Crippen LogP contribution in [0.3, 0.4) is 0 Å². The molecule has 0 aromatic heterocycles. The van der Waals surface area contributed by atoms with Gasteiger partial charge in [0.1, 0.15) is 17.3 Å². The molecular weight excluding hydrogens is 216 g/mol. The maximum absolute atomic E-state index is 12.2. The second-order valence-electron chi connectivity index (χ2n) is 6.00. The molecule has 2 rings (SSSR count). The van der Waals surface area contributed by atoms with Crippen molar-refractivity contribution in [2.45, 2.75) is 52.9 Å². The maximum atomic E-state index is 12.2. The molecule has 0 saturated heterocycles. The van der Waals surface area contributed by atoms with Crippen LogP contribution in [0.1, 0.15) is 52.9 Å². The van der Waals surface area contributed by atoms with E-state index in [2.05, 4.69) is 6.92 Å². The summed E-state index contributed by atoms with van der Waals surface area (Å²) in [5.41, 5.74) is -1.07. The van der Waals surface area contributed by atoms with Crippen LogP contribution >= 0.6 is 0 Å². The fourth-order valence-electron chi connectivity index (χ4n) is 3.93. The Morgan fingerprint density at radius 3 is 2.41 bits per heavy atom. The Morgan fingerprint density at radius 2 is 1.88 bits per heavy atom. The normalized spacial score (nSPS) is 41.1. The molecule has 3 heteroatoms. The highest BCUT2D eigenvalue weighted by Crippen LogP contribution is 2.60. The lowest BCUT2D eigenvalue weighted by molar-refractivity contribution is -0.149. The zero-order valence-electron chi connectivity index (χ0n) is 10.8. The monoisotopic (exact) mass is 236 g/mol. The molecule has 0 bridgehead atoms. The maximum Gasteiger partial charge on any atom is 0.146 e. The second kappa shape index (κ2) is 3.76. The molecule has 2 aliphatic rings. The third-order valence-corrected chi connectivity index (χ3v) is 5.18. The molecule has 0 spiro atoms. The molecule has 2 saturated carbocycles. The molecule has 0 amide bonds. The predicted molar refractivity (Wildman–Crippen MR) is 63.5 cm³/mol. The first-order valence-corrected chi connectivity index (χ1v) is 6.38.